The maximum atomic E-state index is 11.2. The maximum absolute atomic E-state index is 11.2. The lowest BCUT2D eigenvalue weighted by atomic mass is 9.96. The molecule has 1 aromatic rings. The van der Waals surface area contributed by atoms with Crippen LogP contribution in [0.1, 0.15) is 32.3 Å². The third-order valence-electron chi connectivity index (χ3n) is 2.60. The normalized spacial score (nSPS) is 14.6. The third-order valence-corrected chi connectivity index (χ3v) is 3.09. The van der Waals surface area contributed by atoms with E-state index in [1.807, 2.05) is 38.1 Å². The van der Waals surface area contributed by atoms with E-state index in [0.717, 1.165) is 22.9 Å². The fraction of sp³-hybridized carbons (Fsp3) is 0.462. The van der Waals surface area contributed by atoms with Crippen LogP contribution in [0, 0.1) is 0 Å². The highest BCUT2D eigenvalue weighted by Gasteiger charge is 2.49. The highest BCUT2D eigenvalue weighted by Crippen LogP contribution is 2.48. The molecule has 0 aromatic heterocycles. The molecule has 4 heteroatoms. The van der Waals surface area contributed by atoms with Gasteiger partial charge in [-0.2, -0.15) is 12.6 Å². The second-order valence-corrected chi connectivity index (χ2v) is 4.37. The monoisotopic (exact) mass is 317 g/mol. The largest absolute Gasteiger partial charge is 0.369 e. The van der Waals surface area contributed by atoms with Crippen LogP contribution in [0.3, 0.4) is 0 Å². The van der Waals surface area contributed by atoms with E-state index in [0.29, 0.717) is 0 Å². The number of hydrogen-bond donors (Lipinski definition) is 2. The highest BCUT2D eigenvalue weighted by molar-refractivity contribution is 9.10. The van der Waals surface area contributed by atoms with Gasteiger partial charge in [0.05, 0.1) is 5.41 Å². The fourth-order valence-electron chi connectivity index (χ4n) is 1.59. The molecule has 0 radical (unpaired) electrons. The molecule has 0 heterocycles. The molecule has 1 saturated carbocycles. The van der Waals surface area contributed by atoms with Gasteiger partial charge in [-0.15, -0.1) is 0 Å². The van der Waals surface area contributed by atoms with Crippen LogP contribution in [0.15, 0.2) is 28.7 Å². The van der Waals surface area contributed by atoms with E-state index in [1.165, 1.54) is 0 Å². The molecule has 1 aromatic carbocycles. The van der Waals surface area contributed by atoms with Crippen LogP contribution in [0.4, 0.5) is 0 Å². The summed E-state index contributed by atoms with van der Waals surface area (Å²) in [4.78, 5) is 11.2. The van der Waals surface area contributed by atoms with Gasteiger partial charge in [-0.3, -0.25) is 4.79 Å². The number of nitrogens with two attached hydrogens (primary N) is 1. The molecule has 1 aliphatic carbocycles. The number of halogens is 1. The summed E-state index contributed by atoms with van der Waals surface area (Å²) in [6, 6.07) is 7.81. The minimum Gasteiger partial charge on any atom is -0.369 e. The summed E-state index contributed by atoms with van der Waals surface area (Å²) in [7, 11) is 0. The van der Waals surface area contributed by atoms with E-state index in [2.05, 4.69) is 28.6 Å². The van der Waals surface area contributed by atoms with Gasteiger partial charge in [0.15, 0.2) is 0 Å². The molecule has 0 atom stereocenters. The summed E-state index contributed by atoms with van der Waals surface area (Å²) in [5.41, 5.74) is 6.04. The molecular weight excluding hydrogens is 298 g/mol. The van der Waals surface area contributed by atoms with Crippen LogP contribution >= 0.6 is 28.6 Å². The van der Waals surface area contributed by atoms with Crippen molar-refractivity contribution in [2.45, 2.75) is 32.1 Å². The second-order valence-electron chi connectivity index (χ2n) is 3.46. The van der Waals surface area contributed by atoms with Crippen LogP contribution in [0.25, 0.3) is 0 Å². The Hall–Kier alpha value is -0.480. The summed E-state index contributed by atoms with van der Waals surface area (Å²) in [6.07, 6.45) is 3.47. The molecule has 96 valence electrons. The van der Waals surface area contributed by atoms with Gasteiger partial charge in [-0.05, 0) is 36.8 Å². The van der Waals surface area contributed by atoms with Crippen LogP contribution in [-0.2, 0) is 10.2 Å². The number of amides is 1. The predicted octanol–water partition coefficient (Wildman–Crippen LogP) is 3.54. The molecule has 0 aliphatic heterocycles. The van der Waals surface area contributed by atoms with Gasteiger partial charge in [0.2, 0.25) is 5.91 Å². The van der Waals surface area contributed by atoms with Gasteiger partial charge in [0.1, 0.15) is 0 Å². The summed E-state index contributed by atoms with van der Waals surface area (Å²) in [5.74, 6) is -0.203. The first-order valence-corrected chi connectivity index (χ1v) is 7.34. The van der Waals surface area contributed by atoms with E-state index in [4.69, 9.17) is 5.73 Å². The summed E-state index contributed by atoms with van der Waals surface area (Å²) >= 11 is 6.91. The van der Waals surface area contributed by atoms with Gasteiger partial charge in [-0.25, -0.2) is 0 Å². The molecule has 1 fully saturated rings. The van der Waals surface area contributed by atoms with Crippen LogP contribution < -0.4 is 5.73 Å². The minimum absolute atomic E-state index is 0.203. The predicted molar refractivity (Wildman–Crippen MR) is 80.5 cm³/mol. The lowest BCUT2D eigenvalue weighted by Gasteiger charge is -2.10. The Labute approximate surface area is 118 Å². The Morgan fingerprint density at radius 2 is 1.88 bits per heavy atom. The molecule has 0 spiro atoms. The van der Waals surface area contributed by atoms with Crippen molar-refractivity contribution in [2.75, 3.05) is 6.26 Å². The van der Waals surface area contributed by atoms with Gasteiger partial charge >= 0.3 is 0 Å². The van der Waals surface area contributed by atoms with Crippen molar-refractivity contribution < 1.29 is 4.79 Å². The number of carbonyl (C=O) groups excluding carboxylic acids is 1. The van der Waals surface area contributed by atoms with E-state index in [9.17, 15) is 4.79 Å². The van der Waals surface area contributed by atoms with Gasteiger partial charge < -0.3 is 5.73 Å². The Bertz CT molecular complexity index is 364. The average molecular weight is 318 g/mol. The molecule has 2 N–H and O–H groups in total. The first kappa shape index (κ1) is 16.5. The lowest BCUT2D eigenvalue weighted by molar-refractivity contribution is -0.120. The van der Waals surface area contributed by atoms with Crippen molar-refractivity contribution in [3.05, 3.63) is 34.3 Å². The van der Waals surface area contributed by atoms with Gasteiger partial charge in [-0.1, -0.05) is 41.9 Å². The molecule has 0 saturated heterocycles. The second kappa shape index (κ2) is 7.77. The van der Waals surface area contributed by atoms with Crippen molar-refractivity contribution >= 4 is 34.5 Å². The summed E-state index contributed by atoms with van der Waals surface area (Å²) in [6.45, 7) is 4.00. The first-order chi connectivity index (χ1) is 8.15. The Kier molecular flexibility index (Phi) is 7.55. The number of thiol groups is 1. The minimum atomic E-state index is -0.357. The van der Waals surface area contributed by atoms with E-state index < -0.39 is 0 Å². The van der Waals surface area contributed by atoms with Crippen molar-refractivity contribution in [3.63, 3.8) is 0 Å². The molecule has 0 unspecified atom stereocenters. The topological polar surface area (TPSA) is 43.1 Å². The average Bonchev–Trinajstić information content (AvgIpc) is 3.15. The van der Waals surface area contributed by atoms with Crippen molar-refractivity contribution in [1.82, 2.24) is 0 Å². The fourth-order valence-corrected chi connectivity index (χ4v) is 1.99. The molecule has 17 heavy (non-hydrogen) atoms. The van der Waals surface area contributed by atoms with Gasteiger partial charge in [0, 0.05) is 4.47 Å². The first-order valence-electron chi connectivity index (χ1n) is 5.66. The summed E-state index contributed by atoms with van der Waals surface area (Å²) < 4.78 is 0.998. The molecular formula is C13H20BrNOS. The number of hydrogen-bond acceptors (Lipinski definition) is 2. The summed E-state index contributed by atoms with van der Waals surface area (Å²) in [5, 5.41) is 0. The zero-order valence-corrected chi connectivity index (χ0v) is 13.0. The van der Waals surface area contributed by atoms with E-state index >= 15 is 0 Å². The highest BCUT2D eigenvalue weighted by atomic mass is 79.9. The maximum Gasteiger partial charge on any atom is 0.228 e. The number of rotatable bonds is 2. The van der Waals surface area contributed by atoms with Crippen molar-refractivity contribution in [3.8, 4) is 0 Å². The zero-order valence-electron chi connectivity index (χ0n) is 10.5. The van der Waals surface area contributed by atoms with Gasteiger partial charge in [0.25, 0.3) is 0 Å². The standard InChI is InChI=1S/C10H10BrNO.C2H6.CH4S/c11-8-3-1-2-7(6-8)10(4-5-10)9(12)13;2*1-2/h1-3,6H,4-5H2,(H2,12,13);1-2H3;2H,1H3. The van der Waals surface area contributed by atoms with Crippen LogP contribution in [0.2, 0.25) is 0 Å². The number of carbonyl (C=O) groups is 1. The molecule has 2 rings (SSSR count). The number of primary amides is 1. The smallest absolute Gasteiger partial charge is 0.228 e. The Morgan fingerprint density at radius 1 is 1.35 bits per heavy atom. The quantitative estimate of drug-likeness (QED) is 0.805. The van der Waals surface area contributed by atoms with E-state index in [-0.39, 0.29) is 11.3 Å². The van der Waals surface area contributed by atoms with Crippen LogP contribution in [0.5, 0.6) is 0 Å². The third kappa shape index (κ3) is 4.03. The molecule has 2 nitrogen and oxygen atoms in total. The molecule has 0 bridgehead atoms. The Morgan fingerprint density at radius 3 is 2.24 bits per heavy atom. The lowest BCUT2D eigenvalue weighted by Crippen LogP contribution is -2.28. The van der Waals surface area contributed by atoms with Crippen molar-refractivity contribution in [1.29, 1.82) is 0 Å². The van der Waals surface area contributed by atoms with Crippen molar-refractivity contribution in [2.24, 2.45) is 5.73 Å². The SMILES string of the molecule is CC.CS.NC(=O)C1(c2cccc(Br)c2)CC1. The molecule has 1 amide bonds. The zero-order chi connectivity index (χ0) is 13.5. The van der Waals surface area contributed by atoms with E-state index in [1.54, 1.807) is 6.26 Å². The Balaban J connectivity index is 0.000000581. The number of benzene rings is 1. The van der Waals surface area contributed by atoms with Crippen LogP contribution in [-0.4, -0.2) is 12.2 Å². The molecule has 1 aliphatic rings.